The summed E-state index contributed by atoms with van der Waals surface area (Å²) in [5.74, 6) is -0.737. The number of halogens is 1. The van der Waals surface area contributed by atoms with Crippen LogP contribution in [-0.4, -0.2) is 58.1 Å². The van der Waals surface area contributed by atoms with E-state index >= 15 is 0 Å². The largest absolute Gasteiger partial charge is 0.338 e. The Labute approximate surface area is 176 Å². The number of aryl methyl sites for hydroxylation is 1. The molecular weight excluding hydrogens is 383 g/mol. The highest BCUT2D eigenvalue weighted by molar-refractivity contribution is 5.94. The van der Waals surface area contributed by atoms with Gasteiger partial charge in [0.1, 0.15) is 5.82 Å². The zero-order valence-electron chi connectivity index (χ0n) is 17.7. The molecule has 2 fully saturated rings. The molecule has 0 atom stereocenters. The van der Waals surface area contributed by atoms with E-state index in [1.54, 1.807) is 23.1 Å². The van der Waals surface area contributed by atoms with Crippen molar-refractivity contribution in [2.75, 3.05) is 26.7 Å². The Morgan fingerprint density at radius 1 is 1.20 bits per heavy atom. The fourth-order valence-electron chi connectivity index (χ4n) is 4.90. The van der Waals surface area contributed by atoms with Crippen LogP contribution in [-0.2, 0) is 12.8 Å². The van der Waals surface area contributed by atoms with Crippen LogP contribution in [0.25, 0.3) is 0 Å². The monoisotopic (exact) mass is 412 g/mol. The first-order chi connectivity index (χ1) is 14.4. The maximum absolute atomic E-state index is 14.5. The van der Waals surface area contributed by atoms with Crippen LogP contribution in [0.1, 0.15) is 59.8 Å². The van der Waals surface area contributed by atoms with E-state index in [1.165, 1.54) is 18.9 Å². The Morgan fingerprint density at radius 2 is 1.97 bits per heavy atom. The molecule has 0 unspecified atom stereocenters. The third-order valence-corrected chi connectivity index (χ3v) is 6.89. The minimum Gasteiger partial charge on any atom is -0.338 e. The van der Waals surface area contributed by atoms with E-state index in [0.29, 0.717) is 37.2 Å². The first-order valence-corrected chi connectivity index (χ1v) is 10.8. The molecule has 30 heavy (non-hydrogen) atoms. The topological polar surface area (TPSA) is 69.3 Å². The summed E-state index contributed by atoms with van der Waals surface area (Å²) >= 11 is 0. The minimum atomic E-state index is -0.495. The van der Waals surface area contributed by atoms with Crippen LogP contribution >= 0.6 is 0 Å². The second-order valence-corrected chi connectivity index (χ2v) is 8.60. The van der Waals surface area contributed by atoms with Crippen LogP contribution in [0.4, 0.5) is 4.39 Å². The van der Waals surface area contributed by atoms with E-state index in [2.05, 4.69) is 22.1 Å². The second-order valence-electron chi connectivity index (χ2n) is 8.60. The quantitative estimate of drug-likeness (QED) is 0.839. The molecule has 160 valence electrons. The number of carbonyl (C=O) groups is 1. The van der Waals surface area contributed by atoms with Gasteiger partial charge in [-0.1, -0.05) is 13.0 Å². The molecule has 1 N–H and O–H groups in total. The van der Waals surface area contributed by atoms with Gasteiger partial charge < -0.3 is 9.80 Å². The van der Waals surface area contributed by atoms with E-state index in [4.69, 9.17) is 0 Å². The number of likely N-dealkylation sites (tertiary alicyclic amines) is 2. The molecule has 6 nitrogen and oxygen atoms in total. The van der Waals surface area contributed by atoms with Crippen molar-refractivity contribution in [1.29, 1.82) is 0 Å². The summed E-state index contributed by atoms with van der Waals surface area (Å²) < 4.78 is 14.5. The van der Waals surface area contributed by atoms with Gasteiger partial charge >= 0.3 is 0 Å². The Morgan fingerprint density at radius 3 is 2.63 bits per heavy atom. The van der Waals surface area contributed by atoms with Crippen molar-refractivity contribution in [3.63, 3.8) is 0 Å². The van der Waals surface area contributed by atoms with Gasteiger partial charge in [0.05, 0.1) is 11.3 Å². The van der Waals surface area contributed by atoms with Crippen LogP contribution in [0, 0.1) is 5.82 Å². The second kappa shape index (κ2) is 8.30. The molecule has 0 aliphatic carbocycles. The van der Waals surface area contributed by atoms with Crippen LogP contribution < -0.4 is 5.56 Å². The van der Waals surface area contributed by atoms with Crippen LogP contribution in [0.2, 0.25) is 0 Å². The third kappa shape index (κ3) is 3.90. The van der Waals surface area contributed by atoms with Crippen LogP contribution in [0.15, 0.2) is 29.1 Å². The highest BCUT2D eigenvalue weighted by atomic mass is 19.1. The molecule has 2 saturated heterocycles. The Hall–Kier alpha value is -2.54. The normalized spacial score (nSPS) is 18.8. The zero-order chi connectivity index (χ0) is 21.3. The molecular formula is C23H29FN4O2. The van der Waals surface area contributed by atoms with Gasteiger partial charge in [0, 0.05) is 30.6 Å². The van der Waals surface area contributed by atoms with Gasteiger partial charge in [-0.3, -0.25) is 9.59 Å². The summed E-state index contributed by atoms with van der Waals surface area (Å²) in [4.78, 5) is 29.0. The molecule has 0 saturated carbocycles. The van der Waals surface area contributed by atoms with Crippen molar-refractivity contribution < 1.29 is 9.18 Å². The number of hydrogen-bond acceptors (Lipinski definition) is 4. The SMILES string of the molecule is CCc1cc(Cc2ccc(F)c(C(=O)N3CCC4(CCCN4C)CC3)c2)n[nH]c1=O. The maximum atomic E-state index is 14.5. The number of piperidine rings is 1. The number of nitrogens with one attached hydrogen (secondary N) is 1. The molecule has 1 amide bonds. The maximum Gasteiger partial charge on any atom is 0.267 e. The van der Waals surface area contributed by atoms with Gasteiger partial charge in [-0.15, -0.1) is 0 Å². The number of amides is 1. The van der Waals surface area contributed by atoms with Crippen LogP contribution in [0.3, 0.4) is 0 Å². The zero-order valence-corrected chi connectivity index (χ0v) is 17.7. The van der Waals surface area contributed by atoms with Crippen molar-refractivity contribution in [1.82, 2.24) is 20.0 Å². The number of carbonyl (C=O) groups excluding carboxylic acids is 1. The molecule has 0 bridgehead atoms. The van der Waals surface area contributed by atoms with E-state index in [9.17, 15) is 14.0 Å². The van der Waals surface area contributed by atoms with Gasteiger partial charge in [0.25, 0.3) is 11.5 Å². The average molecular weight is 413 g/mol. The lowest BCUT2D eigenvalue weighted by atomic mass is 9.85. The lowest BCUT2D eigenvalue weighted by Gasteiger charge is -2.43. The number of H-pyrrole nitrogens is 1. The smallest absolute Gasteiger partial charge is 0.267 e. The number of nitrogens with zero attached hydrogens (tertiary/aromatic N) is 3. The summed E-state index contributed by atoms with van der Waals surface area (Å²) in [7, 11) is 2.17. The van der Waals surface area contributed by atoms with Crippen molar-refractivity contribution in [2.45, 2.75) is 51.0 Å². The molecule has 4 rings (SSSR count). The van der Waals surface area contributed by atoms with Crippen molar-refractivity contribution >= 4 is 5.91 Å². The first-order valence-electron chi connectivity index (χ1n) is 10.8. The van der Waals surface area contributed by atoms with Crippen molar-refractivity contribution in [3.05, 3.63) is 62.8 Å². The molecule has 7 heteroatoms. The van der Waals surface area contributed by atoms with Crippen LogP contribution in [0.5, 0.6) is 0 Å². The fraction of sp³-hybridized carbons (Fsp3) is 0.522. The van der Waals surface area contributed by atoms with E-state index in [0.717, 1.165) is 24.9 Å². The number of hydrogen-bond donors (Lipinski definition) is 1. The van der Waals surface area contributed by atoms with E-state index < -0.39 is 5.82 Å². The Balaban J connectivity index is 1.49. The van der Waals surface area contributed by atoms with Crippen molar-refractivity contribution in [2.24, 2.45) is 0 Å². The standard InChI is InChI=1S/C23H29FN4O2/c1-3-17-15-18(25-26-21(17)29)13-16-5-6-20(24)19(14-16)22(30)28-11-8-23(9-12-28)7-4-10-27(23)2/h5-6,14-15H,3-4,7-13H2,1-2H3,(H,26,29). The van der Waals surface area contributed by atoms with Gasteiger partial charge in [0.15, 0.2) is 0 Å². The highest BCUT2D eigenvalue weighted by Crippen LogP contribution is 2.37. The molecule has 1 aromatic carbocycles. The number of rotatable bonds is 4. The number of aromatic nitrogens is 2. The summed E-state index contributed by atoms with van der Waals surface area (Å²) in [5.41, 5.74) is 2.29. The predicted octanol–water partition coefficient (Wildman–Crippen LogP) is 2.76. The van der Waals surface area contributed by atoms with Crippen molar-refractivity contribution in [3.8, 4) is 0 Å². The van der Waals surface area contributed by atoms with E-state index in [1.807, 2.05) is 6.92 Å². The lowest BCUT2D eigenvalue weighted by Crippen LogP contribution is -2.52. The molecule has 2 aliphatic heterocycles. The molecule has 2 aliphatic rings. The third-order valence-electron chi connectivity index (χ3n) is 6.89. The Kier molecular flexibility index (Phi) is 5.73. The first kappa shape index (κ1) is 20.7. The van der Waals surface area contributed by atoms with Gasteiger partial charge in [-0.2, -0.15) is 5.10 Å². The fourth-order valence-corrected chi connectivity index (χ4v) is 4.90. The molecule has 2 aromatic rings. The number of aromatic amines is 1. The molecule has 0 radical (unpaired) electrons. The summed E-state index contributed by atoms with van der Waals surface area (Å²) in [5, 5.41) is 6.59. The minimum absolute atomic E-state index is 0.114. The Bertz CT molecular complexity index is 995. The van der Waals surface area contributed by atoms with Gasteiger partial charge in [0.2, 0.25) is 0 Å². The van der Waals surface area contributed by atoms with Gasteiger partial charge in [-0.05, 0) is 69.5 Å². The summed E-state index contributed by atoms with van der Waals surface area (Å²) in [6.07, 6.45) is 5.32. The average Bonchev–Trinajstić information content (AvgIpc) is 3.10. The predicted molar refractivity (Wildman–Crippen MR) is 113 cm³/mol. The summed E-state index contributed by atoms with van der Waals surface area (Å²) in [6.45, 7) is 4.35. The number of benzene rings is 1. The lowest BCUT2D eigenvalue weighted by molar-refractivity contribution is 0.0488. The van der Waals surface area contributed by atoms with E-state index in [-0.39, 0.29) is 22.6 Å². The van der Waals surface area contributed by atoms with Gasteiger partial charge in [-0.25, -0.2) is 9.49 Å². The highest BCUT2D eigenvalue weighted by Gasteiger charge is 2.42. The molecule has 1 aromatic heterocycles. The molecule has 3 heterocycles. The summed E-state index contributed by atoms with van der Waals surface area (Å²) in [6, 6.07) is 6.42. The molecule has 1 spiro atoms.